The number of nitrogens with zero attached hydrogens (tertiary/aromatic N) is 2. The average molecular weight is 268 g/mol. The van der Waals surface area contributed by atoms with Crippen LogP contribution in [0.4, 0.5) is 0 Å². The van der Waals surface area contributed by atoms with Crippen molar-refractivity contribution in [3.63, 3.8) is 0 Å². The molecule has 2 fully saturated rings. The molecular formula is C13H20N2O4. The largest absolute Gasteiger partial charge is 0.480 e. The third kappa shape index (κ3) is 3.24. The quantitative estimate of drug-likeness (QED) is 0.807. The second-order valence-electron chi connectivity index (χ2n) is 5.21. The highest BCUT2D eigenvalue weighted by atomic mass is 16.4. The molecule has 1 unspecified atom stereocenters. The molecule has 0 aliphatic carbocycles. The minimum atomic E-state index is -0.942. The van der Waals surface area contributed by atoms with Crippen LogP contribution in [0, 0.1) is 0 Å². The summed E-state index contributed by atoms with van der Waals surface area (Å²) in [4.78, 5) is 38.0. The number of carboxylic acid groups (broad SMARTS) is 1. The molecule has 1 atom stereocenters. The Morgan fingerprint density at radius 1 is 1.16 bits per heavy atom. The van der Waals surface area contributed by atoms with Gasteiger partial charge in [-0.05, 0) is 19.3 Å². The molecule has 2 amide bonds. The third-order valence-corrected chi connectivity index (χ3v) is 3.86. The lowest BCUT2D eigenvalue weighted by atomic mass is 10.1. The van der Waals surface area contributed by atoms with Crippen molar-refractivity contribution in [2.75, 3.05) is 19.6 Å². The molecule has 0 bridgehead atoms. The number of hydrogen-bond acceptors (Lipinski definition) is 3. The van der Waals surface area contributed by atoms with Crippen molar-refractivity contribution < 1.29 is 19.5 Å². The molecule has 2 heterocycles. The molecule has 2 rings (SSSR count). The van der Waals surface area contributed by atoms with Crippen molar-refractivity contribution in [3.05, 3.63) is 0 Å². The van der Waals surface area contributed by atoms with Crippen molar-refractivity contribution in [3.8, 4) is 0 Å². The Balaban J connectivity index is 2.01. The minimum absolute atomic E-state index is 0.00459. The molecule has 0 radical (unpaired) electrons. The van der Waals surface area contributed by atoms with Crippen molar-refractivity contribution in [2.45, 2.75) is 44.6 Å². The molecule has 106 valence electrons. The highest BCUT2D eigenvalue weighted by Crippen LogP contribution is 2.18. The summed E-state index contributed by atoms with van der Waals surface area (Å²) in [5.74, 6) is -1.18. The molecule has 2 aliphatic rings. The van der Waals surface area contributed by atoms with Crippen LogP contribution in [0.1, 0.15) is 38.5 Å². The van der Waals surface area contributed by atoms with E-state index in [-0.39, 0.29) is 18.4 Å². The summed E-state index contributed by atoms with van der Waals surface area (Å²) in [6.07, 6.45) is 4.42. The molecule has 1 N–H and O–H groups in total. The van der Waals surface area contributed by atoms with Crippen LogP contribution in [0.3, 0.4) is 0 Å². The van der Waals surface area contributed by atoms with Gasteiger partial charge in [-0.3, -0.25) is 9.59 Å². The fourth-order valence-electron chi connectivity index (χ4n) is 2.79. The Bertz CT molecular complexity index is 383. The van der Waals surface area contributed by atoms with Gasteiger partial charge in [0.15, 0.2) is 0 Å². The summed E-state index contributed by atoms with van der Waals surface area (Å²) in [5, 5.41) is 9.22. The first-order valence-corrected chi connectivity index (χ1v) is 6.89. The van der Waals surface area contributed by atoms with Gasteiger partial charge in [0.1, 0.15) is 6.04 Å². The highest BCUT2D eigenvalue weighted by molar-refractivity contribution is 5.88. The van der Waals surface area contributed by atoms with Gasteiger partial charge in [-0.2, -0.15) is 0 Å². The topological polar surface area (TPSA) is 77.9 Å². The lowest BCUT2D eigenvalue weighted by molar-refractivity contribution is -0.151. The number of rotatable bonds is 3. The lowest BCUT2D eigenvalue weighted by Gasteiger charge is -2.28. The van der Waals surface area contributed by atoms with E-state index in [9.17, 15) is 19.5 Å². The number of carboxylic acids is 1. The van der Waals surface area contributed by atoms with Gasteiger partial charge in [0.05, 0.1) is 6.54 Å². The predicted octanol–water partition coefficient (Wildman–Crippen LogP) is 0.465. The van der Waals surface area contributed by atoms with Crippen LogP contribution in [0.2, 0.25) is 0 Å². The Hall–Kier alpha value is -1.59. The number of amides is 2. The summed E-state index contributed by atoms with van der Waals surface area (Å²) in [6.45, 7) is 1.12. The van der Waals surface area contributed by atoms with E-state index in [0.717, 1.165) is 25.7 Å². The fraction of sp³-hybridized carbons (Fsp3) is 0.769. The lowest BCUT2D eigenvalue weighted by Crippen LogP contribution is -2.48. The van der Waals surface area contributed by atoms with Crippen molar-refractivity contribution in [1.82, 2.24) is 9.80 Å². The SMILES string of the molecule is O=C(O)C1CCCCCN1C(=O)CN1CCCC1=O. The summed E-state index contributed by atoms with van der Waals surface area (Å²) >= 11 is 0. The number of aliphatic carboxylic acids is 1. The van der Waals surface area contributed by atoms with Crippen molar-refractivity contribution in [2.24, 2.45) is 0 Å². The van der Waals surface area contributed by atoms with Gasteiger partial charge < -0.3 is 14.9 Å². The maximum absolute atomic E-state index is 12.2. The number of hydrogen-bond donors (Lipinski definition) is 1. The zero-order valence-corrected chi connectivity index (χ0v) is 11.0. The van der Waals surface area contributed by atoms with Crippen molar-refractivity contribution >= 4 is 17.8 Å². The number of carbonyl (C=O) groups is 3. The summed E-state index contributed by atoms with van der Waals surface area (Å²) in [6, 6.07) is -0.729. The molecule has 6 nitrogen and oxygen atoms in total. The first-order chi connectivity index (χ1) is 9.09. The van der Waals surface area contributed by atoms with E-state index < -0.39 is 12.0 Å². The van der Waals surface area contributed by atoms with Crippen LogP contribution in [-0.4, -0.2) is 58.4 Å². The Morgan fingerprint density at radius 2 is 1.95 bits per heavy atom. The minimum Gasteiger partial charge on any atom is -0.480 e. The standard InChI is InChI=1S/C13H20N2O4/c16-11-6-4-7-14(11)9-12(17)15-8-3-1-2-5-10(15)13(18)19/h10H,1-9H2,(H,18,19). The van der Waals surface area contributed by atoms with Gasteiger partial charge in [-0.1, -0.05) is 12.8 Å². The predicted molar refractivity (Wildman–Crippen MR) is 67.4 cm³/mol. The Labute approximate surface area is 112 Å². The summed E-state index contributed by atoms with van der Waals surface area (Å²) in [7, 11) is 0. The summed E-state index contributed by atoms with van der Waals surface area (Å²) in [5.41, 5.74) is 0. The first-order valence-electron chi connectivity index (χ1n) is 6.89. The van der Waals surface area contributed by atoms with E-state index in [1.54, 1.807) is 0 Å². The van der Waals surface area contributed by atoms with Crippen LogP contribution in [-0.2, 0) is 14.4 Å². The maximum Gasteiger partial charge on any atom is 0.326 e. The van der Waals surface area contributed by atoms with Crippen LogP contribution in [0.15, 0.2) is 0 Å². The molecule has 0 aromatic heterocycles. The second kappa shape index (κ2) is 6.04. The number of carbonyl (C=O) groups excluding carboxylic acids is 2. The van der Waals surface area contributed by atoms with Crippen LogP contribution >= 0.6 is 0 Å². The molecule has 0 spiro atoms. The van der Waals surface area contributed by atoms with E-state index >= 15 is 0 Å². The van der Waals surface area contributed by atoms with E-state index in [1.165, 1.54) is 9.80 Å². The van der Waals surface area contributed by atoms with Gasteiger partial charge in [0, 0.05) is 19.5 Å². The molecule has 2 aliphatic heterocycles. The second-order valence-corrected chi connectivity index (χ2v) is 5.21. The Kier molecular flexibility index (Phi) is 4.39. The molecule has 6 heteroatoms. The highest BCUT2D eigenvalue weighted by Gasteiger charge is 2.32. The van der Waals surface area contributed by atoms with Crippen LogP contribution in [0.5, 0.6) is 0 Å². The summed E-state index contributed by atoms with van der Waals surface area (Å²) < 4.78 is 0. The van der Waals surface area contributed by atoms with Gasteiger partial charge in [-0.15, -0.1) is 0 Å². The van der Waals surface area contributed by atoms with Crippen molar-refractivity contribution in [1.29, 1.82) is 0 Å². The van der Waals surface area contributed by atoms with E-state index in [4.69, 9.17) is 0 Å². The molecule has 0 saturated carbocycles. The molecule has 0 aromatic carbocycles. The molecular weight excluding hydrogens is 248 g/mol. The van der Waals surface area contributed by atoms with Gasteiger partial charge in [-0.25, -0.2) is 4.79 Å². The smallest absolute Gasteiger partial charge is 0.326 e. The monoisotopic (exact) mass is 268 g/mol. The third-order valence-electron chi connectivity index (χ3n) is 3.86. The van der Waals surface area contributed by atoms with Gasteiger partial charge in [0.25, 0.3) is 0 Å². The number of likely N-dealkylation sites (tertiary alicyclic amines) is 2. The maximum atomic E-state index is 12.2. The zero-order chi connectivity index (χ0) is 13.8. The van der Waals surface area contributed by atoms with E-state index in [2.05, 4.69) is 0 Å². The van der Waals surface area contributed by atoms with E-state index in [1.807, 2.05) is 0 Å². The normalized spacial score (nSPS) is 24.4. The molecule has 19 heavy (non-hydrogen) atoms. The van der Waals surface area contributed by atoms with Crippen LogP contribution in [0.25, 0.3) is 0 Å². The first kappa shape index (κ1) is 13.8. The fourth-order valence-corrected chi connectivity index (χ4v) is 2.79. The van der Waals surface area contributed by atoms with Gasteiger partial charge >= 0.3 is 5.97 Å². The Morgan fingerprint density at radius 3 is 2.58 bits per heavy atom. The van der Waals surface area contributed by atoms with E-state index in [0.29, 0.717) is 25.9 Å². The van der Waals surface area contributed by atoms with Crippen LogP contribution < -0.4 is 0 Å². The van der Waals surface area contributed by atoms with Gasteiger partial charge in [0.2, 0.25) is 11.8 Å². The molecule has 2 saturated heterocycles. The molecule has 0 aromatic rings. The average Bonchev–Trinajstić information content (AvgIpc) is 2.66. The zero-order valence-electron chi connectivity index (χ0n) is 11.0.